The van der Waals surface area contributed by atoms with Crippen LogP contribution < -0.4 is 0 Å². The second-order valence-corrected chi connectivity index (χ2v) is 9.12. The van der Waals surface area contributed by atoms with E-state index >= 15 is 0 Å². The minimum atomic E-state index is -3.16. The van der Waals surface area contributed by atoms with Gasteiger partial charge >= 0.3 is 5.97 Å². The average molecular weight is 407 g/mol. The van der Waals surface area contributed by atoms with Gasteiger partial charge in [0.05, 0.1) is 11.5 Å². The van der Waals surface area contributed by atoms with Crippen molar-refractivity contribution in [2.75, 3.05) is 18.6 Å². The highest BCUT2D eigenvalue weighted by molar-refractivity contribution is 7.91. The monoisotopic (exact) mass is 407 g/mol. The molecule has 1 heterocycles. The highest BCUT2D eigenvalue weighted by Crippen LogP contribution is 2.35. The lowest BCUT2D eigenvalue weighted by atomic mass is 10.0. The van der Waals surface area contributed by atoms with Gasteiger partial charge in [-0.2, -0.15) is 0 Å². The van der Waals surface area contributed by atoms with Gasteiger partial charge in [0.1, 0.15) is 17.1 Å². The number of nitrogens with zero attached hydrogens (tertiary/aromatic N) is 1. The van der Waals surface area contributed by atoms with E-state index in [1.165, 1.54) is 18.9 Å². The van der Waals surface area contributed by atoms with E-state index in [0.717, 1.165) is 6.07 Å². The number of benzene rings is 2. The third kappa shape index (κ3) is 3.75. The summed E-state index contributed by atoms with van der Waals surface area (Å²) in [6.45, 7) is 1.37. The number of likely N-dealkylation sites (N-methyl/N-ethyl adjacent to an activating group) is 1. The molecule has 1 amide bonds. The van der Waals surface area contributed by atoms with Crippen LogP contribution in [0.4, 0.5) is 0 Å². The van der Waals surface area contributed by atoms with Crippen molar-refractivity contribution >= 4 is 32.5 Å². The smallest absolute Gasteiger partial charge is 0.342 e. The van der Waals surface area contributed by atoms with Gasteiger partial charge in [0.25, 0.3) is 5.91 Å². The highest BCUT2D eigenvalue weighted by atomic mass is 32.2. The molecule has 1 aliphatic rings. The molecule has 0 bridgehead atoms. The minimum Gasteiger partial charge on any atom is -0.507 e. The van der Waals surface area contributed by atoms with Crippen LogP contribution in [-0.2, 0) is 19.4 Å². The number of sulfone groups is 1. The number of aromatic hydroxyl groups is 2. The Hall–Kier alpha value is -2.81. The first-order valence-corrected chi connectivity index (χ1v) is 10.5. The van der Waals surface area contributed by atoms with Crippen LogP contribution in [0.15, 0.2) is 30.3 Å². The summed E-state index contributed by atoms with van der Waals surface area (Å²) in [5, 5.41) is 21.1. The van der Waals surface area contributed by atoms with E-state index in [4.69, 9.17) is 4.74 Å². The fourth-order valence-corrected chi connectivity index (χ4v) is 5.09. The third-order valence-electron chi connectivity index (χ3n) is 4.95. The number of hydrogen-bond acceptors (Lipinski definition) is 7. The molecule has 1 aliphatic heterocycles. The topological polar surface area (TPSA) is 121 Å². The summed E-state index contributed by atoms with van der Waals surface area (Å²) in [7, 11) is -1.69. The molecule has 8 nitrogen and oxygen atoms in total. The Morgan fingerprint density at radius 1 is 1.21 bits per heavy atom. The van der Waals surface area contributed by atoms with E-state index in [0.29, 0.717) is 11.8 Å². The summed E-state index contributed by atoms with van der Waals surface area (Å²) >= 11 is 0. The number of esters is 1. The van der Waals surface area contributed by atoms with E-state index in [9.17, 15) is 28.2 Å². The van der Waals surface area contributed by atoms with Gasteiger partial charge in [0.2, 0.25) is 0 Å². The summed E-state index contributed by atoms with van der Waals surface area (Å²) in [6, 6.07) is 7.09. The predicted octanol–water partition coefficient (Wildman–Crippen LogP) is 1.44. The average Bonchev–Trinajstić information content (AvgIpc) is 3.03. The Bertz CT molecular complexity index is 1050. The Balaban J connectivity index is 1.76. The molecule has 28 heavy (non-hydrogen) atoms. The van der Waals surface area contributed by atoms with E-state index in [-0.39, 0.29) is 34.0 Å². The molecule has 0 spiro atoms. The number of ether oxygens (including phenoxy) is 1. The maximum Gasteiger partial charge on any atom is 0.342 e. The Morgan fingerprint density at radius 3 is 2.46 bits per heavy atom. The number of carbonyl (C=O) groups is 2. The normalized spacial score (nSPS) is 19.3. The predicted molar refractivity (Wildman–Crippen MR) is 102 cm³/mol. The number of phenolic OH excluding ortho intramolecular Hbond substituents is 2. The van der Waals surface area contributed by atoms with Gasteiger partial charge in [-0.25, -0.2) is 13.2 Å². The van der Waals surface area contributed by atoms with Crippen LogP contribution in [0.3, 0.4) is 0 Å². The van der Waals surface area contributed by atoms with E-state index in [1.54, 1.807) is 24.3 Å². The minimum absolute atomic E-state index is 0.0215. The molecule has 1 saturated heterocycles. The molecule has 2 aromatic carbocycles. The standard InChI is InChI=1S/C19H21NO7S/c1-11(18(23)20(2)12-7-8-28(25,26)10-12)27-19(24)15-9-16(21)13-5-3-4-6-14(13)17(15)22/h3-6,9,11-12,21-22H,7-8,10H2,1-2H3/t11-,12+/m1/s1. The first-order chi connectivity index (χ1) is 13.1. The van der Waals surface area contributed by atoms with Crippen molar-refractivity contribution < 1.29 is 33.0 Å². The molecule has 0 unspecified atom stereocenters. The van der Waals surface area contributed by atoms with E-state index in [2.05, 4.69) is 0 Å². The van der Waals surface area contributed by atoms with Gasteiger partial charge in [-0.3, -0.25) is 4.79 Å². The lowest BCUT2D eigenvalue weighted by Crippen LogP contribution is -2.44. The third-order valence-corrected chi connectivity index (χ3v) is 6.70. The summed E-state index contributed by atoms with van der Waals surface area (Å²) in [6.07, 6.45) is -0.848. The zero-order chi connectivity index (χ0) is 20.6. The van der Waals surface area contributed by atoms with Crippen LogP contribution >= 0.6 is 0 Å². The SMILES string of the molecule is C[C@@H](OC(=O)c1cc(O)c2ccccc2c1O)C(=O)N(C)[C@H]1CCS(=O)(=O)C1. The van der Waals surface area contributed by atoms with Gasteiger partial charge in [0.15, 0.2) is 15.9 Å². The molecule has 9 heteroatoms. The molecule has 150 valence electrons. The Kier molecular flexibility index (Phi) is 5.20. The number of hydrogen-bond donors (Lipinski definition) is 2. The van der Waals surface area contributed by atoms with Crippen LogP contribution in [0.1, 0.15) is 23.7 Å². The number of carbonyl (C=O) groups excluding carboxylic acids is 2. The van der Waals surface area contributed by atoms with Gasteiger partial charge in [0, 0.05) is 23.9 Å². The number of rotatable bonds is 4. The zero-order valence-corrected chi connectivity index (χ0v) is 16.3. The van der Waals surface area contributed by atoms with Crippen LogP contribution in [0.2, 0.25) is 0 Å². The van der Waals surface area contributed by atoms with Gasteiger partial charge < -0.3 is 19.8 Å². The molecule has 0 aliphatic carbocycles. The van der Waals surface area contributed by atoms with Crippen molar-refractivity contribution in [3.63, 3.8) is 0 Å². The lowest BCUT2D eigenvalue weighted by Gasteiger charge is -2.26. The van der Waals surface area contributed by atoms with Gasteiger partial charge in [-0.05, 0) is 19.4 Å². The van der Waals surface area contributed by atoms with E-state index in [1.807, 2.05) is 0 Å². The molecule has 3 rings (SSSR count). The van der Waals surface area contributed by atoms with Crippen molar-refractivity contribution in [3.8, 4) is 11.5 Å². The van der Waals surface area contributed by atoms with Crippen molar-refractivity contribution in [1.29, 1.82) is 0 Å². The first kappa shape index (κ1) is 19.9. The summed E-state index contributed by atoms with van der Waals surface area (Å²) in [4.78, 5) is 26.3. The number of phenols is 2. The van der Waals surface area contributed by atoms with Gasteiger partial charge in [-0.15, -0.1) is 0 Å². The van der Waals surface area contributed by atoms with E-state index < -0.39 is 33.9 Å². The molecular formula is C19H21NO7S. The van der Waals surface area contributed by atoms with Crippen LogP contribution in [0, 0.1) is 0 Å². The molecule has 0 saturated carbocycles. The Labute approximate surface area is 162 Å². The summed E-state index contributed by atoms with van der Waals surface area (Å²) in [5.74, 6) is -2.16. The second kappa shape index (κ2) is 7.31. The molecule has 2 aromatic rings. The molecule has 2 N–H and O–H groups in total. The van der Waals surface area contributed by atoms with Gasteiger partial charge in [-0.1, -0.05) is 24.3 Å². The van der Waals surface area contributed by atoms with Crippen LogP contribution in [0.5, 0.6) is 11.5 Å². The van der Waals surface area contributed by atoms with Crippen molar-refractivity contribution in [2.45, 2.75) is 25.5 Å². The summed E-state index contributed by atoms with van der Waals surface area (Å²) < 4.78 is 28.4. The van der Waals surface area contributed by atoms with Crippen LogP contribution in [0.25, 0.3) is 10.8 Å². The zero-order valence-electron chi connectivity index (χ0n) is 15.5. The quantitative estimate of drug-likeness (QED) is 0.581. The maximum absolute atomic E-state index is 12.5. The number of amides is 1. The fourth-order valence-electron chi connectivity index (χ4n) is 3.32. The second-order valence-electron chi connectivity index (χ2n) is 6.89. The largest absolute Gasteiger partial charge is 0.507 e. The first-order valence-electron chi connectivity index (χ1n) is 8.72. The molecule has 0 aromatic heterocycles. The number of fused-ring (bicyclic) bond motifs is 1. The molecule has 1 fully saturated rings. The van der Waals surface area contributed by atoms with Crippen molar-refractivity contribution in [1.82, 2.24) is 4.90 Å². The van der Waals surface area contributed by atoms with Crippen molar-refractivity contribution in [2.24, 2.45) is 0 Å². The molecule has 2 atom stereocenters. The highest BCUT2D eigenvalue weighted by Gasteiger charge is 2.35. The fraction of sp³-hybridized carbons (Fsp3) is 0.368. The maximum atomic E-state index is 12.5. The molecular weight excluding hydrogens is 386 g/mol. The summed E-state index contributed by atoms with van der Waals surface area (Å²) in [5.41, 5.74) is -0.262. The van der Waals surface area contributed by atoms with Crippen molar-refractivity contribution in [3.05, 3.63) is 35.9 Å². The Morgan fingerprint density at radius 2 is 1.86 bits per heavy atom. The lowest BCUT2D eigenvalue weighted by molar-refractivity contribution is -0.140. The molecule has 0 radical (unpaired) electrons. The van der Waals surface area contributed by atoms with Crippen LogP contribution in [-0.4, -0.2) is 66.1 Å².